The molecule has 6 heterocycles. The third-order valence-corrected chi connectivity index (χ3v) is 5.73. The van der Waals surface area contributed by atoms with Gasteiger partial charge in [0.2, 0.25) is 0 Å². The summed E-state index contributed by atoms with van der Waals surface area (Å²) in [5.41, 5.74) is 5.14. The fraction of sp³-hybridized carbons (Fsp3) is 0. The van der Waals surface area contributed by atoms with Crippen molar-refractivity contribution in [1.29, 1.82) is 0 Å². The number of nitrogens with zero attached hydrogens (tertiary/aromatic N) is 7. The van der Waals surface area contributed by atoms with E-state index in [2.05, 4.69) is 25.1 Å². The summed E-state index contributed by atoms with van der Waals surface area (Å²) in [7, 11) is 0. The quantitative estimate of drug-likeness (QED) is 0.385. The van der Waals surface area contributed by atoms with Crippen LogP contribution >= 0.6 is 0 Å². The zero-order valence-corrected chi connectivity index (χ0v) is 19.3. The summed E-state index contributed by atoms with van der Waals surface area (Å²) < 4.78 is 0. The number of anilines is 2. The fourth-order valence-electron chi connectivity index (χ4n) is 4.00. The van der Waals surface area contributed by atoms with Gasteiger partial charge in [0, 0.05) is 41.8 Å². The summed E-state index contributed by atoms with van der Waals surface area (Å²) in [5, 5.41) is 8.79. The molecule has 0 bridgehead atoms. The standard InChI is InChI=1S/C29H21N7/c1-5-15-30-28(11-1)35-17-7-3-9-23(35)19-22-13-14-25-26(33-34-27(25)21-32-22)20-24-10-4-8-18-36(24)29-12-2-6-16-31-29/h1-21H/b23-19+,24-20+. The Morgan fingerprint density at radius 2 is 1.28 bits per heavy atom. The van der Waals surface area contributed by atoms with E-state index in [0.717, 1.165) is 45.7 Å². The molecule has 0 aliphatic carbocycles. The van der Waals surface area contributed by atoms with E-state index in [4.69, 9.17) is 0 Å². The van der Waals surface area contributed by atoms with E-state index in [-0.39, 0.29) is 0 Å². The van der Waals surface area contributed by atoms with Crippen LogP contribution in [0, 0.1) is 0 Å². The molecular weight excluding hydrogens is 446 g/mol. The summed E-state index contributed by atoms with van der Waals surface area (Å²) in [6.07, 6.45) is 25.4. The number of hydrogen-bond acceptors (Lipinski definition) is 7. The molecule has 0 N–H and O–H groups in total. The molecule has 2 aromatic heterocycles. The van der Waals surface area contributed by atoms with Crippen molar-refractivity contribution in [2.75, 3.05) is 9.80 Å². The van der Waals surface area contributed by atoms with Gasteiger partial charge in [0.1, 0.15) is 17.3 Å². The van der Waals surface area contributed by atoms with Gasteiger partial charge < -0.3 is 9.80 Å². The van der Waals surface area contributed by atoms with Gasteiger partial charge in [0.15, 0.2) is 0 Å². The second kappa shape index (κ2) is 9.60. The molecule has 7 nitrogen and oxygen atoms in total. The summed E-state index contributed by atoms with van der Waals surface area (Å²) >= 11 is 0. The number of hydrogen-bond donors (Lipinski definition) is 0. The molecule has 0 radical (unpaired) electrons. The van der Waals surface area contributed by atoms with Crippen LogP contribution in [0.5, 0.6) is 0 Å². The Kier molecular flexibility index (Phi) is 5.70. The van der Waals surface area contributed by atoms with E-state index in [9.17, 15) is 0 Å². The smallest absolute Gasteiger partial charge is 0.136 e. The zero-order chi connectivity index (χ0) is 24.2. The lowest BCUT2D eigenvalue weighted by atomic mass is 10.1. The molecular formula is C29H21N7. The van der Waals surface area contributed by atoms with Crippen molar-refractivity contribution in [3.63, 3.8) is 0 Å². The molecule has 4 aliphatic rings. The van der Waals surface area contributed by atoms with Crippen LogP contribution in [0.1, 0.15) is 11.4 Å². The molecule has 7 heteroatoms. The lowest BCUT2D eigenvalue weighted by Gasteiger charge is -2.22. The highest BCUT2D eigenvalue weighted by Gasteiger charge is 2.16. The van der Waals surface area contributed by atoms with Gasteiger partial charge in [0.05, 0.1) is 17.6 Å². The predicted molar refractivity (Wildman–Crippen MR) is 142 cm³/mol. The summed E-state index contributed by atoms with van der Waals surface area (Å²) in [4.78, 5) is 17.7. The van der Waals surface area contributed by atoms with Crippen molar-refractivity contribution in [3.8, 4) is 11.3 Å². The monoisotopic (exact) mass is 467 g/mol. The fourth-order valence-corrected chi connectivity index (χ4v) is 4.00. The normalized spacial score (nSPS) is 17.0. The molecule has 0 unspecified atom stereocenters. The van der Waals surface area contributed by atoms with Crippen molar-refractivity contribution in [2.24, 2.45) is 0 Å². The van der Waals surface area contributed by atoms with E-state index in [0.29, 0.717) is 0 Å². The molecule has 0 spiro atoms. The maximum absolute atomic E-state index is 4.66. The van der Waals surface area contributed by atoms with E-state index in [1.165, 1.54) is 0 Å². The van der Waals surface area contributed by atoms with Gasteiger partial charge >= 0.3 is 0 Å². The van der Waals surface area contributed by atoms with Crippen molar-refractivity contribution < 1.29 is 0 Å². The van der Waals surface area contributed by atoms with Crippen LogP contribution in [0.25, 0.3) is 23.4 Å². The van der Waals surface area contributed by atoms with Crippen LogP contribution in [-0.2, 0) is 0 Å². The Morgan fingerprint density at radius 3 is 1.92 bits per heavy atom. The first-order valence-electron chi connectivity index (χ1n) is 11.5. The number of rotatable bonds is 4. The Balaban J connectivity index is 1.34. The molecule has 6 rings (SSSR count). The minimum absolute atomic E-state index is 0.729. The number of pyridine rings is 2. The van der Waals surface area contributed by atoms with Gasteiger partial charge in [-0.2, -0.15) is 0 Å². The Morgan fingerprint density at radius 1 is 0.611 bits per heavy atom. The maximum Gasteiger partial charge on any atom is 0.136 e. The Labute approximate surface area is 208 Å². The Hall–Kier alpha value is -5.17. The average molecular weight is 468 g/mol. The molecule has 36 heavy (non-hydrogen) atoms. The van der Waals surface area contributed by atoms with E-state index >= 15 is 0 Å². The van der Waals surface area contributed by atoms with E-state index in [1.807, 2.05) is 119 Å². The molecule has 0 amide bonds. The Bertz CT molecular complexity index is 1530. The van der Waals surface area contributed by atoms with Gasteiger partial charge in [-0.3, -0.25) is 4.98 Å². The third-order valence-electron chi connectivity index (χ3n) is 5.73. The van der Waals surface area contributed by atoms with Crippen LogP contribution in [0.3, 0.4) is 0 Å². The molecule has 4 aliphatic heterocycles. The summed E-state index contributed by atoms with van der Waals surface area (Å²) in [5.74, 6) is 1.68. The second-order valence-electron chi connectivity index (χ2n) is 8.06. The molecule has 0 atom stereocenters. The maximum atomic E-state index is 4.66. The van der Waals surface area contributed by atoms with Gasteiger partial charge in [-0.05, 0) is 72.9 Å². The molecule has 172 valence electrons. The molecule has 0 saturated carbocycles. The minimum atomic E-state index is 0.729. The number of allylic oxidation sites excluding steroid dienone is 6. The highest BCUT2D eigenvalue weighted by molar-refractivity contribution is 5.76. The zero-order valence-electron chi connectivity index (χ0n) is 19.3. The molecule has 2 aromatic rings. The van der Waals surface area contributed by atoms with Gasteiger partial charge in [0.25, 0.3) is 0 Å². The highest BCUT2D eigenvalue weighted by Crippen LogP contribution is 2.28. The highest BCUT2D eigenvalue weighted by atomic mass is 15.2. The summed E-state index contributed by atoms with van der Waals surface area (Å²) in [6, 6.07) is 15.7. The van der Waals surface area contributed by atoms with Gasteiger partial charge in [-0.15, -0.1) is 10.2 Å². The van der Waals surface area contributed by atoms with Crippen LogP contribution in [0.4, 0.5) is 11.6 Å². The molecule has 0 saturated heterocycles. The van der Waals surface area contributed by atoms with E-state index in [1.54, 1.807) is 18.6 Å². The average Bonchev–Trinajstić information content (AvgIpc) is 3.21. The number of fused-ring (bicyclic) bond motifs is 1. The van der Waals surface area contributed by atoms with Crippen molar-refractivity contribution >= 4 is 23.8 Å². The van der Waals surface area contributed by atoms with Crippen molar-refractivity contribution in [2.45, 2.75) is 0 Å². The molecule has 0 aromatic carbocycles. The summed E-state index contributed by atoms with van der Waals surface area (Å²) in [6.45, 7) is 0. The topological polar surface area (TPSA) is 70.9 Å². The number of aromatic nitrogens is 5. The predicted octanol–water partition coefficient (Wildman–Crippen LogP) is 5.63. The van der Waals surface area contributed by atoms with Crippen LogP contribution in [0.15, 0.2) is 127 Å². The molecule has 0 fully saturated rings. The first-order chi connectivity index (χ1) is 17.8. The van der Waals surface area contributed by atoms with E-state index < -0.39 is 0 Å². The second-order valence-corrected chi connectivity index (χ2v) is 8.06. The van der Waals surface area contributed by atoms with Crippen LogP contribution in [0.2, 0.25) is 0 Å². The van der Waals surface area contributed by atoms with Crippen LogP contribution < -0.4 is 9.80 Å². The lowest BCUT2D eigenvalue weighted by Crippen LogP contribution is -2.16. The third kappa shape index (κ3) is 4.33. The van der Waals surface area contributed by atoms with Crippen molar-refractivity contribution in [1.82, 2.24) is 25.1 Å². The van der Waals surface area contributed by atoms with Gasteiger partial charge in [-0.25, -0.2) is 9.97 Å². The first kappa shape index (κ1) is 21.4. The SMILES string of the molecule is C1=C/C(=C\c2ccc3c(/C=C4\C=CC=CN4c4ccccn4)nnc-3cn2)N(c2ccccn2)C=C1. The first-order valence-corrected chi connectivity index (χ1v) is 11.5. The van der Waals surface area contributed by atoms with Crippen LogP contribution in [-0.4, -0.2) is 25.1 Å². The lowest BCUT2D eigenvalue weighted by molar-refractivity contribution is 1.08. The largest absolute Gasteiger partial charge is 0.302 e. The van der Waals surface area contributed by atoms with Crippen molar-refractivity contribution in [3.05, 3.63) is 139 Å². The van der Waals surface area contributed by atoms with Gasteiger partial charge in [-0.1, -0.05) is 24.3 Å². The minimum Gasteiger partial charge on any atom is -0.302 e.